The van der Waals surface area contributed by atoms with Gasteiger partial charge in [-0.1, -0.05) is 24.3 Å². The molecule has 0 aliphatic carbocycles. The molecule has 2 N–H and O–H groups in total. The van der Waals surface area contributed by atoms with Crippen LogP contribution in [0.25, 0.3) is 0 Å². The Morgan fingerprint density at radius 1 is 1.12 bits per heavy atom. The second-order valence-corrected chi connectivity index (χ2v) is 5.59. The fourth-order valence-corrected chi connectivity index (χ4v) is 2.72. The molecule has 2 aromatic rings. The molecule has 0 bridgehead atoms. The number of fused-ring (bicyclic) bond motifs is 1. The number of para-hydroxylation sites is 1. The van der Waals surface area contributed by atoms with Gasteiger partial charge in [-0.15, -0.1) is 0 Å². The highest BCUT2D eigenvalue weighted by molar-refractivity contribution is 5.93. The minimum atomic E-state index is -0.535. The summed E-state index contributed by atoms with van der Waals surface area (Å²) in [6, 6.07) is 14.4. The van der Waals surface area contributed by atoms with Crippen molar-refractivity contribution in [2.75, 3.05) is 13.2 Å². The number of hydroxylamine groups is 1. The predicted molar refractivity (Wildman–Crippen MR) is 86.8 cm³/mol. The van der Waals surface area contributed by atoms with E-state index in [4.69, 9.17) is 9.94 Å². The minimum Gasteiger partial charge on any atom is -0.484 e. The van der Waals surface area contributed by atoms with E-state index >= 15 is 0 Å². The zero-order chi connectivity index (χ0) is 16.9. The second-order valence-electron chi connectivity index (χ2n) is 5.59. The molecule has 0 fully saturated rings. The van der Waals surface area contributed by atoms with Crippen molar-refractivity contribution in [1.29, 1.82) is 0 Å². The SMILES string of the molecule is O=C(NO)c1ccc2c(c1)CCN(C(=O)COc1ccccc1)C2. The van der Waals surface area contributed by atoms with Crippen LogP contribution in [0.3, 0.4) is 0 Å². The average Bonchev–Trinajstić information content (AvgIpc) is 2.65. The highest BCUT2D eigenvalue weighted by Gasteiger charge is 2.22. The van der Waals surface area contributed by atoms with Gasteiger partial charge in [-0.25, -0.2) is 5.48 Å². The lowest BCUT2D eigenvalue weighted by Gasteiger charge is -2.29. The Labute approximate surface area is 139 Å². The maximum Gasteiger partial charge on any atom is 0.274 e. The van der Waals surface area contributed by atoms with E-state index in [9.17, 15) is 9.59 Å². The third kappa shape index (κ3) is 3.55. The standard InChI is InChI=1S/C18H18N2O4/c21-17(12-24-16-4-2-1-3-5-16)20-9-8-13-10-14(18(22)19-23)6-7-15(13)11-20/h1-7,10,23H,8-9,11-12H2,(H,19,22). The lowest BCUT2D eigenvalue weighted by Crippen LogP contribution is -2.39. The third-order valence-corrected chi connectivity index (χ3v) is 4.04. The number of hydrogen-bond acceptors (Lipinski definition) is 4. The quantitative estimate of drug-likeness (QED) is 0.663. The zero-order valence-electron chi connectivity index (χ0n) is 13.1. The first-order valence-corrected chi connectivity index (χ1v) is 7.69. The number of carbonyl (C=O) groups is 2. The van der Waals surface area contributed by atoms with Gasteiger partial charge < -0.3 is 9.64 Å². The van der Waals surface area contributed by atoms with Crippen LogP contribution in [-0.2, 0) is 17.8 Å². The molecular formula is C18H18N2O4. The number of amides is 2. The van der Waals surface area contributed by atoms with E-state index in [2.05, 4.69) is 0 Å². The molecule has 24 heavy (non-hydrogen) atoms. The predicted octanol–water partition coefficient (Wildman–Crippen LogP) is 1.77. The van der Waals surface area contributed by atoms with E-state index in [0.29, 0.717) is 30.8 Å². The van der Waals surface area contributed by atoms with Crippen molar-refractivity contribution in [3.8, 4) is 5.75 Å². The van der Waals surface area contributed by atoms with Crippen molar-refractivity contribution in [2.45, 2.75) is 13.0 Å². The maximum atomic E-state index is 12.3. The molecule has 0 saturated carbocycles. The van der Waals surface area contributed by atoms with Gasteiger partial charge in [-0.05, 0) is 41.8 Å². The van der Waals surface area contributed by atoms with Gasteiger partial charge in [0.2, 0.25) is 0 Å². The molecule has 0 atom stereocenters. The van der Waals surface area contributed by atoms with Crippen LogP contribution in [0.1, 0.15) is 21.5 Å². The first-order chi connectivity index (χ1) is 11.7. The molecule has 6 heteroatoms. The molecule has 0 aromatic heterocycles. The summed E-state index contributed by atoms with van der Waals surface area (Å²) in [7, 11) is 0. The van der Waals surface area contributed by atoms with E-state index in [1.807, 2.05) is 36.4 Å². The van der Waals surface area contributed by atoms with Gasteiger partial charge in [-0.2, -0.15) is 0 Å². The molecular weight excluding hydrogens is 308 g/mol. The van der Waals surface area contributed by atoms with Crippen LogP contribution in [0.2, 0.25) is 0 Å². The molecule has 1 aliphatic rings. The monoisotopic (exact) mass is 326 g/mol. The normalized spacial score (nSPS) is 13.1. The summed E-state index contributed by atoms with van der Waals surface area (Å²) >= 11 is 0. The smallest absolute Gasteiger partial charge is 0.274 e. The summed E-state index contributed by atoms with van der Waals surface area (Å²) in [6.07, 6.45) is 0.666. The number of nitrogens with zero attached hydrogens (tertiary/aromatic N) is 1. The van der Waals surface area contributed by atoms with Crippen molar-refractivity contribution < 1.29 is 19.5 Å². The minimum absolute atomic E-state index is 0.00431. The van der Waals surface area contributed by atoms with Gasteiger partial charge >= 0.3 is 0 Å². The summed E-state index contributed by atoms with van der Waals surface area (Å²) in [6.45, 7) is 1.08. The number of ether oxygens (including phenoxy) is 1. The molecule has 2 amide bonds. The van der Waals surface area contributed by atoms with E-state index < -0.39 is 5.91 Å². The number of rotatable bonds is 4. The molecule has 1 aliphatic heterocycles. The van der Waals surface area contributed by atoms with Crippen LogP contribution in [0.4, 0.5) is 0 Å². The van der Waals surface area contributed by atoms with E-state index in [1.54, 1.807) is 22.5 Å². The first-order valence-electron chi connectivity index (χ1n) is 7.69. The second kappa shape index (κ2) is 7.14. The summed E-state index contributed by atoms with van der Waals surface area (Å²) in [5.41, 5.74) is 4.05. The molecule has 2 aromatic carbocycles. The summed E-state index contributed by atoms with van der Waals surface area (Å²) in [4.78, 5) is 25.5. The Morgan fingerprint density at radius 3 is 2.67 bits per heavy atom. The fourth-order valence-electron chi connectivity index (χ4n) is 2.72. The van der Waals surface area contributed by atoms with Crippen LogP contribution < -0.4 is 10.2 Å². The molecule has 0 saturated heterocycles. The lowest BCUT2D eigenvalue weighted by molar-refractivity contribution is -0.134. The number of hydrogen-bond donors (Lipinski definition) is 2. The fraction of sp³-hybridized carbons (Fsp3) is 0.222. The Kier molecular flexibility index (Phi) is 4.77. The number of nitrogens with one attached hydrogen (secondary N) is 1. The zero-order valence-corrected chi connectivity index (χ0v) is 13.1. The van der Waals surface area contributed by atoms with Gasteiger partial charge in [-0.3, -0.25) is 14.8 Å². The molecule has 124 valence electrons. The molecule has 0 radical (unpaired) electrons. The van der Waals surface area contributed by atoms with Crippen LogP contribution in [0.15, 0.2) is 48.5 Å². The molecule has 6 nitrogen and oxygen atoms in total. The van der Waals surface area contributed by atoms with Gasteiger partial charge in [0.15, 0.2) is 6.61 Å². The Bertz CT molecular complexity index is 746. The Hall–Kier alpha value is -2.86. The highest BCUT2D eigenvalue weighted by atomic mass is 16.5. The molecule has 0 spiro atoms. The Morgan fingerprint density at radius 2 is 1.92 bits per heavy atom. The number of carbonyl (C=O) groups excluding carboxylic acids is 2. The first kappa shape index (κ1) is 16.0. The molecule has 0 unspecified atom stereocenters. The van der Waals surface area contributed by atoms with Gasteiger partial charge in [0.05, 0.1) is 0 Å². The van der Waals surface area contributed by atoms with Crippen LogP contribution in [-0.4, -0.2) is 35.1 Å². The molecule has 1 heterocycles. The highest BCUT2D eigenvalue weighted by Crippen LogP contribution is 2.21. The average molecular weight is 326 g/mol. The number of benzene rings is 2. The Balaban J connectivity index is 1.62. The topological polar surface area (TPSA) is 78.9 Å². The van der Waals surface area contributed by atoms with E-state index in [-0.39, 0.29) is 12.5 Å². The van der Waals surface area contributed by atoms with Gasteiger partial charge in [0, 0.05) is 18.7 Å². The van der Waals surface area contributed by atoms with Gasteiger partial charge in [0.25, 0.3) is 11.8 Å². The maximum absolute atomic E-state index is 12.3. The van der Waals surface area contributed by atoms with Crippen molar-refractivity contribution >= 4 is 11.8 Å². The van der Waals surface area contributed by atoms with Crippen LogP contribution >= 0.6 is 0 Å². The van der Waals surface area contributed by atoms with Gasteiger partial charge in [0.1, 0.15) is 5.75 Å². The van der Waals surface area contributed by atoms with Crippen molar-refractivity contribution in [2.24, 2.45) is 0 Å². The molecule has 3 rings (SSSR count). The summed E-state index contributed by atoms with van der Waals surface area (Å²) in [5.74, 6) is 0.0668. The van der Waals surface area contributed by atoms with Crippen molar-refractivity contribution in [3.63, 3.8) is 0 Å². The van der Waals surface area contributed by atoms with E-state index in [1.165, 1.54) is 0 Å². The summed E-state index contributed by atoms with van der Waals surface area (Å²) < 4.78 is 5.50. The van der Waals surface area contributed by atoms with Crippen LogP contribution in [0, 0.1) is 0 Å². The van der Waals surface area contributed by atoms with Crippen molar-refractivity contribution in [1.82, 2.24) is 10.4 Å². The summed E-state index contributed by atoms with van der Waals surface area (Å²) in [5, 5.41) is 8.69. The van der Waals surface area contributed by atoms with Crippen LogP contribution in [0.5, 0.6) is 5.75 Å². The lowest BCUT2D eigenvalue weighted by atomic mass is 9.97. The van der Waals surface area contributed by atoms with E-state index in [0.717, 1.165) is 11.1 Å². The largest absolute Gasteiger partial charge is 0.484 e. The third-order valence-electron chi connectivity index (χ3n) is 4.04. The van der Waals surface area contributed by atoms with Crippen molar-refractivity contribution in [3.05, 3.63) is 65.2 Å².